The van der Waals surface area contributed by atoms with E-state index < -0.39 is 10.8 Å². The number of thiocarbonyl (C=S) groups is 1. The van der Waals surface area contributed by atoms with Crippen molar-refractivity contribution >= 4 is 51.9 Å². The van der Waals surface area contributed by atoms with Gasteiger partial charge in [-0.25, -0.2) is 0 Å². The van der Waals surface area contributed by atoms with Crippen molar-refractivity contribution in [1.82, 2.24) is 5.32 Å². The SMILES string of the molecule is Cc1ccc(C(=O)NC(=S)Nc2cccc(Cl)c2N2CCCC2)cc1[N+](=O)[O-]. The van der Waals surface area contributed by atoms with Crippen LogP contribution in [0.4, 0.5) is 17.1 Å². The van der Waals surface area contributed by atoms with E-state index in [-0.39, 0.29) is 16.4 Å². The molecule has 0 aliphatic carbocycles. The molecule has 0 spiro atoms. The van der Waals surface area contributed by atoms with Gasteiger partial charge in [-0.05, 0) is 50.2 Å². The molecule has 1 amide bonds. The number of carbonyl (C=O) groups excluding carboxylic acids is 1. The number of carbonyl (C=O) groups is 1. The highest BCUT2D eigenvalue weighted by atomic mass is 35.5. The number of rotatable bonds is 4. The molecular formula is C19H19ClN4O3S. The summed E-state index contributed by atoms with van der Waals surface area (Å²) >= 11 is 11.6. The van der Waals surface area contributed by atoms with Crippen LogP contribution in [0.5, 0.6) is 0 Å². The monoisotopic (exact) mass is 418 g/mol. The highest BCUT2D eigenvalue weighted by Crippen LogP contribution is 2.35. The zero-order chi connectivity index (χ0) is 20.3. The number of aryl methyl sites for hydroxylation is 1. The lowest BCUT2D eigenvalue weighted by Gasteiger charge is -2.23. The van der Waals surface area contributed by atoms with Gasteiger partial charge in [-0.2, -0.15) is 0 Å². The van der Waals surface area contributed by atoms with Crippen LogP contribution in [-0.2, 0) is 0 Å². The van der Waals surface area contributed by atoms with Crippen LogP contribution in [0.1, 0.15) is 28.8 Å². The third-order valence-corrected chi connectivity index (χ3v) is 5.06. The fourth-order valence-electron chi connectivity index (χ4n) is 3.15. The minimum Gasteiger partial charge on any atom is -0.369 e. The summed E-state index contributed by atoms with van der Waals surface area (Å²) in [5.41, 5.74) is 2.08. The lowest BCUT2D eigenvalue weighted by Crippen LogP contribution is -2.34. The second-order valence-corrected chi connectivity index (χ2v) is 7.31. The fraction of sp³-hybridized carbons (Fsp3) is 0.263. The molecule has 1 aliphatic heterocycles. The Bertz CT molecular complexity index is 945. The number of amides is 1. The van der Waals surface area contributed by atoms with Crippen molar-refractivity contribution in [3.8, 4) is 0 Å². The van der Waals surface area contributed by atoms with Crippen molar-refractivity contribution in [2.24, 2.45) is 0 Å². The Hall–Kier alpha value is -2.71. The van der Waals surface area contributed by atoms with Crippen molar-refractivity contribution in [3.05, 3.63) is 62.7 Å². The number of anilines is 2. The van der Waals surface area contributed by atoms with E-state index in [9.17, 15) is 14.9 Å². The quantitative estimate of drug-likeness (QED) is 0.437. The Morgan fingerprint density at radius 2 is 1.96 bits per heavy atom. The number of nitro benzene ring substituents is 1. The van der Waals surface area contributed by atoms with Gasteiger partial charge in [0.2, 0.25) is 0 Å². The molecule has 1 heterocycles. The molecule has 0 atom stereocenters. The van der Waals surface area contributed by atoms with Crippen LogP contribution >= 0.6 is 23.8 Å². The Morgan fingerprint density at radius 1 is 1.25 bits per heavy atom. The van der Waals surface area contributed by atoms with E-state index >= 15 is 0 Å². The maximum atomic E-state index is 12.4. The summed E-state index contributed by atoms with van der Waals surface area (Å²) < 4.78 is 0. The van der Waals surface area contributed by atoms with Crippen molar-refractivity contribution in [2.45, 2.75) is 19.8 Å². The van der Waals surface area contributed by atoms with E-state index in [0.29, 0.717) is 16.3 Å². The molecule has 0 bridgehead atoms. The molecule has 0 radical (unpaired) electrons. The third kappa shape index (κ3) is 4.40. The molecule has 0 unspecified atom stereocenters. The number of hydrogen-bond acceptors (Lipinski definition) is 5. The van der Waals surface area contributed by atoms with E-state index in [2.05, 4.69) is 15.5 Å². The molecule has 1 saturated heterocycles. The minimum absolute atomic E-state index is 0.0935. The zero-order valence-corrected chi connectivity index (χ0v) is 16.8. The first-order valence-electron chi connectivity index (χ1n) is 8.77. The fourth-order valence-corrected chi connectivity index (χ4v) is 3.65. The number of benzene rings is 2. The van der Waals surface area contributed by atoms with E-state index in [4.69, 9.17) is 23.8 Å². The standard InChI is InChI=1S/C19H19ClN4O3S/c1-12-7-8-13(11-16(12)24(26)27)18(25)22-19(28)21-15-6-4-5-14(20)17(15)23-9-2-3-10-23/h4-8,11H,2-3,9-10H2,1H3,(H2,21,22,25,28). The van der Waals surface area contributed by atoms with Crippen LogP contribution in [0.15, 0.2) is 36.4 Å². The molecule has 2 aromatic rings. The summed E-state index contributed by atoms with van der Waals surface area (Å²) in [7, 11) is 0. The van der Waals surface area contributed by atoms with E-state index in [1.165, 1.54) is 18.2 Å². The topological polar surface area (TPSA) is 87.5 Å². The smallest absolute Gasteiger partial charge is 0.273 e. The van der Waals surface area contributed by atoms with Gasteiger partial charge in [-0.1, -0.05) is 23.7 Å². The Labute approximate surface area is 172 Å². The Balaban J connectivity index is 1.74. The molecule has 0 saturated carbocycles. The average Bonchev–Trinajstić information content (AvgIpc) is 3.15. The molecule has 28 heavy (non-hydrogen) atoms. The molecule has 2 N–H and O–H groups in total. The third-order valence-electron chi connectivity index (χ3n) is 4.55. The van der Waals surface area contributed by atoms with Gasteiger partial charge >= 0.3 is 0 Å². The molecule has 1 aliphatic rings. The van der Waals surface area contributed by atoms with Gasteiger partial charge in [0.05, 0.1) is 21.3 Å². The lowest BCUT2D eigenvalue weighted by molar-refractivity contribution is -0.385. The predicted octanol–water partition coefficient (Wildman–Crippen LogP) is 4.28. The normalized spacial score (nSPS) is 13.3. The highest BCUT2D eigenvalue weighted by molar-refractivity contribution is 7.80. The van der Waals surface area contributed by atoms with Crippen molar-refractivity contribution < 1.29 is 9.72 Å². The number of para-hydroxylation sites is 1. The molecule has 7 nitrogen and oxygen atoms in total. The van der Waals surface area contributed by atoms with E-state index in [1.807, 2.05) is 12.1 Å². The van der Waals surface area contributed by atoms with Crippen LogP contribution in [0, 0.1) is 17.0 Å². The first kappa shape index (κ1) is 20.0. The number of nitrogens with zero attached hydrogens (tertiary/aromatic N) is 2. The first-order valence-corrected chi connectivity index (χ1v) is 9.56. The summed E-state index contributed by atoms with van der Waals surface area (Å²) in [6.45, 7) is 3.43. The minimum atomic E-state index is -0.523. The second kappa shape index (κ2) is 8.53. The van der Waals surface area contributed by atoms with Gasteiger partial charge < -0.3 is 10.2 Å². The van der Waals surface area contributed by atoms with Gasteiger partial charge in [0.25, 0.3) is 11.6 Å². The number of nitrogens with one attached hydrogen (secondary N) is 2. The van der Waals surface area contributed by atoms with Gasteiger partial charge in [0.15, 0.2) is 5.11 Å². The Morgan fingerprint density at radius 3 is 2.64 bits per heavy atom. The molecule has 2 aromatic carbocycles. The molecular weight excluding hydrogens is 400 g/mol. The average molecular weight is 419 g/mol. The second-order valence-electron chi connectivity index (χ2n) is 6.50. The van der Waals surface area contributed by atoms with Crippen LogP contribution < -0.4 is 15.5 Å². The highest BCUT2D eigenvalue weighted by Gasteiger charge is 2.20. The van der Waals surface area contributed by atoms with Gasteiger partial charge in [-0.15, -0.1) is 0 Å². The lowest BCUT2D eigenvalue weighted by atomic mass is 10.1. The number of nitro groups is 1. The Kier molecular flexibility index (Phi) is 6.11. The van der Waals surface area contributed by atoms with Gasteiger partial charge in [0.1, 0.15) is 0 Å². The maximum absolute atomic E-state index is 12.4. The van der Waals surface area contributed by atoms with E-state index in [1.54, 1.807) is 13.0 Å². The summed E-state index contributed by atoms with van der Waals surface area (Å²) in [6.07, 6.45) is 2.19. The maximum Gasteiger partial charge on any atom is 0.273 e. The van der Waals surface area contributed by atoms with Gasteiger partial charge in [-0.3, -0.25) is 20.2 Å². The van der Waals surface area contributed by atoms with Crippen molar-refractivity contribution in [2.75, 3.05) is 23.3 Å². The van der Waals surface area contributed by atoms with Crippen LogP contribution in [0.3, 0.4) is 0 Å². The number of halogens is 1. The summed E-state index contributed by atoms with van der Waals surface area (Å²) in [4.78, 5) is 25.2. The first-order chi connectivity index (χ1) is 13.4. The van der Waals surface area contributed by atoms with Crippen molar-refractivity contribution in [3.63, 3.8) is 0 Å². The van der Waals surface area contributed by atoms with Crippen molar-refractivity contribution in [1.29, 1.82) is 0 Å². The van der Waals surface area contributed by atoms with Gasteiger partial charge in [0, 0.05) is 30.3 Å². The van der Waals surface area contributed by atoms with E-state index in [0.717, 1.165) is 31.6 Å². The molecule has 1 fully saturated rings. The summed E-state index contributed by atoms with van der Waals surface area (Å²) in [5, 5.41) is 17.4. The van der Waals surface area contributed by atoms with Crippen LogP contribution in [0.25, 0.3) is 0 Å². The predicted molar refractivity (Wildman–Crippen MR) is 114 cm³/mol. The number of hydrogen-bond donors (Lipinski definition) is 2. The molecule has 3 rings (SSSR count). The molecule has 0 aromatic heterocycles. The van der Waals surface area contributed by atoms with Crippen LogP contribution in [0.2, 0.25) is 5.02 Å². The van der Waals surface area contributed by atoms with Crippen LogP contribution in [-0.4, -0.2) is 29.0 Å². The zero-order valence-electron chi connectivity index (χ0n) is 15.2. The largest absolute Gasteiger partial charge is 0.369 e. The molecule has 9 heteroatoms. The summed E-state index contributed by atoms with van der Waals surface area (Å²) in [5.74, 6) is -0.523. The molecule has 146 valence electrons. The summed E-state index contributed by atoms with van der Waals surface area (Å²) in [6, 6.07) is 9.75.